The maximum absolute atomic E-state index is 13.3. The Balaban J connectivity index is 2.01. The Bertz CT molecular complexity index is 888. The number of rotatable bonds is 5. The number of likely N-dealkylation sites (tertiary alicyclic amines) is 1. The van der Waals surface area contributed by atoms with E-state index in [9.17, 15) is 23.1 Å². The van der Waals surface area contributed by atoms with Gasteiger partial charge in [-0.25, -0.2) is 0 Å². The van der Waals surface area contributed by atoms with Gasteiger partial charge in [0.1, 0.15) is 6.09 Å². The molecule has 1 unspecified atom stereocenters. The van der Waals surface area contributed by atoms with Gasteiger partial charge in [-0.3, -0.25) is 0 Å². The van der Waals surface area contributed by atoms with Crippen molar-refractivity contribution in [1.29, 1.82) is 0 Å². The molecule has 8 heteroatoms. The molecule has 156 valence electrons. The Morgan fingerprint density at radius 1 is 1.28 bits per heavy atom. The Morgan fingerprint density at radius 3 is 2.62 bits per heavy atom. The minimum atomic E-state index is -4.55. The smallest absolute Gasteiger partial charge is 0.416 e. The van der Waals surface area contributed by atoms with E-state index in [0.717, 1.165) is 36.4 Å². The van der Waals surface area contributed by atoms with Crippen LogP contribution >= 0.6 is 11.6 Å². The quantitative estimate of drug-likeness (QED) is 0.700. The van der Waals surface area contributed by atoms with Crippen LogP contribution in [0.25, 0.3) is 11.1 Å². The minimum Gasteiger partial charge on any atom is -0.530 e. The van der Waals surface area contributed by atoms with Crippen LogP contribution in [0.2, 0.25) is 5.02 Å². The zero-order valence-corrected chi connectivity index (χ0v) is 16.6. The number of amides is 1. The average molecular weight is 426 g/mol. The number of hydrogen-bond donors (Lipinski definition) is 0. The first-order valence-corrected chi connectivity index (χ1v) is 9.70. The van der Waals surface area contributed by atoms with E-state index < -0.39 is 17.8 Å². The number of benzene rings is 2. The van der Waals surface area contributed by atoms with Gasteiger partial charge in [-0.05, 0) is 68.8 Å². The van der Waals surface area contributed by atoms with E-state index in [1.807, 2.05) is 7.05 Å². The number of carbonyl (C=O) groups excluding carboxylic acids is 1. The van der Waals surface area contributed by atoms with E-state index in [-0.39, 0.29) is 23.8 Å². The van der Waals surface area contributed by atoms with Gasteiger partial charge in [0.2, 0.25) is 0 Å². The molecule has 1 heterocycles. The van der Waals surface area contributed by atoms with Crippen molar-refractivity contribution in [2.24, 2.45) is 0 Å². The molecule has 1 aliphatic rings. The maximum atomic E-state index is 13.3. The Hall–Kier alpha value is -2.25. The normalized spacial score (nSPS) is 17.5. The highest BCUT2D eigenvalue weighted by molar-refractivity contribution is 6.30. The second-order valence-electron chi connectivity index (χ2n) is 7.22. The van der Waals surface area contributed by atoms with Crippen molar-refractivity contribution >= 4 is 23.4 Å². The molecule has 0 N–H and O–H groups in total. The van der Waals surface area contributed by atoms with Crippen LogP contribution in [-0.4, -0.2) is 37.2 Å². The minimum absolute atomic E-state index is 0.135. The molecule has 1 atom stereocenters. The number of anilines is 1. The van der Waals surface area contributed by atoms with Crippen LogP contribution in [0.15, 0.2) is 42.5 Å². The van der Waals surface area contributed by atoms with Crippen LogP contribution in [0.1, 0.15) is 24.8 Å². The fraction of sp³-hybridized carbons (Fsp3) is 0.381. The largest absolute Gasteiger partial charge is 0.530 e. The summed E-state index contributed by atoms with van der Waals surface area (Å²) in [7, 11) is 1.98. The highest BCUT2D eigenvalue weighted by Gasteiger charge is 2.32. The lowest BCUT2D eigenvalue weighted by Gasteiger charge is -2.30. The topological polar surface area (TPSA) is 46.6 Å². The molecule has 0 radical (unpaired) electrons. The number of halogens is 4. The first-order valence-electron chi connectivity index (χ1n) is 9.33. The van der Waals surface area contributed by atoms with Gasteiger partial charge in [-0.2, -0.15) is 13.2 Å². The number of nitrogens with zero attached hydrogens (tertiary/aromatic N) is 2. The van der Waals surface area contributed by atoms with E-state index >= 15 is 0 Å². The molecule has 3 rings (SSSR count). The third-order valence-electron chi connectivity index (χ3n) is 5.33. The van der Waals surface area contributed by atoms with Crippen LogP contribution in [0.4, 0.5) is 23.7 Å². The van der Waals surface area contributed by atoms with Crippen LogP contribution in [0.5, 0.6) is 0 Å². The molecule has 0 spiro atoms. The summed E-state index contributed by atoms with van der Waals surface area (Å²) < 4.78 is 39.8. The third-order valence-corrected chi connectivity index (χ3v) is 5.56. The van der Waals surface area contributed by atoms with Crippen LogP contribution in [0.3, 0.4) is 0 Å². The van der Waals surface area contributed by atoms with Crippen molar-refractivity contribution in [1.82, 2.24) is 4.90 Å². The van der Waals surface area contributed by atoms with Gasteiger partial charge in [0.05, 0.1) is 5.56 Å². The fourth-order valence-corrected chi connectivity index (χ4v) is 3.96. The number of hydrogen-bond acceptors (Lipinski definition) is 3. The van der Waals surface area contributed by atoms with Crippen molar-refractivity contribution in [3.8, 4) is 11.1 Å². The molecule has 4 nitrogen and oxygen atoms in total. The Morgan fingerprint density at radius 2 is 2.03 bits per heavy atom. The van der Waals surface area contributed by atoms with Gasteiger partial charge in [0.15, 0.2) is 0 Å². The maximum Gasteiger partial charge on any atom is 0.416 e. The second-order valence-corrected chi connectivity index (χ2v) is 7.66. The first-order chi connectivity index (χ1) is 13.7. The van der Waals surface area contributed by atoms with Crippen molar-refractivity contribution in [3.63, 3.8) is 0 Å². The molecule has 0 bridgehead atoms. The SMILES string of the molecule is CN1CCCC1CCN(C(=O)[O-])c1ccc(C(F)(F)F)cc1-c1cccc(Cl)c1. The number of alkyl halides is 3. The molecule has 29 heavy (non-hydrogen) atoms. The van der Waals surface area contributed by atoms with E-state index in [1.54, 1.807) is 18.2 Å². The van der Waals surface area contributed by atoms with Gasteiger partial charge < -0.3 is 19.7 Å². The lowest BCUT2D eigenvalue weighted by molar-refractivity contribution is -0.246. The van der Waals surface area contributed by atoms with Crippen LogP contribution < -0.4 is 10.0 Å². The third kappa shape index (κ3) is 5.03. The second kappa shape index (κ2) is 8.63. The zero-order valence-electron chi connectivity index (χ0n) is 15.9. The van der Waals surface area contributed by atoms with Crippen LogP contribution in [-0.2, 0) is 6.18 Å². The predicted octanol–water partition coefficient (Wildman–Crippen LogP) is 4.66. The molecule has 0 saturated carbocycles. The molecule has 0 aromatic heterocycles. The lowest BCUT2D eigenvalue weighted by Crippen LogP contribution is -2.43. The summed E-state index contributed by atoms with van der Waals surface area (Å²) in [6.45, 7) is 1.08. The number of carboxylic acid groups (broad SMARTS) is 1. The van der Waals surface area contributed by atoms with E-state index in [1.165, 1.54) is 12.1 Å². The van der Waals surface area contributed by atoms with Crippen molar-refractivity contribution in [2.45, 2.75) is 31.5 Å². The molecular weight excluding hydrogens is 405 g/mol. The predicted molar refractivity (Wildman–Crippen MR) is 105 cm³/mol. The zero-order chi connectivity index (χ0) is 21.2. The summed E-state index contributed by atoms with van der Waals surface area (Å²) in [5.74, 6) is 0. The van der Waals surface area contributed by atoms with Crippen LogP contribution in [0, 0.1) is 0 Å². The molecule has 1 aliphatic heterocycles. The fourth-order valence-electron chi connectivity index (χ4n) is 3.77. The van der Waals surface area contributed by atoms with Crippen molar-refractivity contribution < 1.29 is 23.1 Å². The van der Waals surface area contributed by atoms with Crippen molar-refractivity contribution in [3.05, 3.63) is 53.1 Å². The van der Waals surface area contributed by atoms with E-state index in [2.05, 4.69) is 4.90 Å². The summed E-state index contributed by atoms with van der Waals surface area (Å²) in [5, 5.41) is 12.2. The van der Waals surface area contributed by atoms with Gasteiger partial charge in [0, 0.05) is 28.9 Å². The highest BCUT2D eigenvalue weighted by Crippen LogP contribution is 2.38. The van der Waals surface area contributed by atoms with Gasteiger partial charge >= 0.3 is 6.18 Å². The summed E-state index contributed by atoms with van der Waals surface area (Å²) in [5.41, 5.74) is -0.153. The highest BCUT2D eigenvalue weighted by atomic mass is 35.5. The summed E-state index contributed by atoms with van der Waals surface area (Å²) in [4.78, 5) is 15.1. The molecular formula is C21H21ClF3N2O2-. The molecule has 0 aliphatic carbocycles. The van der Waals surface area contributed by atoms with Gasteiger partial charge in [-0.15, -0.1) is 0 Å². The van der Waals surface area contributed by atoms with Gasteiger partial charge in [-0.1, -0.05) is 23.7 Å². The summed E-state index contributed by atoms with van der Waals surface area (Å²) >= 11 is 6.01. The summed E-state index contributed by atoms with van der Waals surface area (Å²) in [6, 6.07) is 9.60. The monoisotopic (exact) mass is 425 g/mol. The average Bonchev–Trinajstić information content (AvgIpc) is 3.06. The van der Waals surface area contributed by atoms with E-state index in [0.29, 0.717) is 17.0 Å². The van der Waals surface area contributed by atoms with Crippen molar-refractivity contribution in [2.75, 3.05) is 25.0 Å². The molecule has 1 saturated heterocycles. The Kier molecular flexibility index (Phi) is 6.39. The molecule has 1 amide bonds. The Labute approximate surface area is 172 Å². The van der Waals surface area contributed by atoms with E-state index in [4.69, 9.17) is 11.6 Å². The molecule has 2 aromatic rings. The molecule has 1 fully saturated rings. The number of carbonyl (C=O) groups is 1. The summed E-state index contributed by atoms with van der Waals surface area (Å²) in [6.07, 6.45) is -3.43. The first kappa shape index (κ1) is 21.5. The lowest BCUT2D eigenvalue weighted by atomic mass is 9.99. The van der Waals surface area contributed by atoms with Gasteiger partial charge in [0.25, 0.3) is 0 Å². The standard InChI is InChI=1S/C21H22ClF3N2O2/c1-26-10-3-6-17(26)9-11-27(20(28)29)19-8-7-15(21(23,24)25)13-18(19)14-4-2-5-16(22)12-14/h2,4-5,7-8,12-13,17H,3,6,9-11H2,1H3,(H,28,29)/p-1. The molecule has 2 aromatic carbocycles.